The Kier molecular flexibility index (Phi) is 6.89. The highest BCUT2D eigenvalue weighted by Crippen LogP contribution is 2.19. The first-order valence-electron chi connectivity index (χ1n) is 9.68. The number of furan rings is 1. The maximum absolute atomic E-state index is 12.6. The molecule has 0 spiro atoms. The minimum atomic E-state index is -0.891. The molecule has 1 fully saturated rings. The zero-order chi connectivity index (χ0) is 20.6. The van der Waals surface area contributed by atoms with Gasteiger partial charge in [0, 0.05) is 31.1 Å². The van der Waals surface area contributed by atoms with Gasteiger partial charge in [-0.25, -0.2) is 4.79 Å². The van der Waals surface area contributed by atoms with E-state index < -0.39 is 5.97 Å². The van der Waals surface area contributed by atoms with Gasteiger partial charge in [-0.1, -0.05) is 12.1 Å². The van der Waals surface area contributed by atoms with Gasteiger partial charge in [0.2, 0.25) is 0 Å². The number of amides is 3. The van der Waals surface area contributed by atoms with Crippen molar-refractivity contribution in [3.8, 4) is 0 Å². The predicted molar refractivity (Wildman–Crippen MR) is 105 cm³/mol. The normalized spacial score (nSPS) is 13.0. The molecule has 0 unspecified atom stereocenters. The summed E-state index contributed by atoms with van der Waals surface area (Å²) in [5.41, 5.74) is 1.47. The van der Waals surface area contributed by atoms with Crippen LogP contribution in [0.15, 0.2) is 47.1 Å². The first-order valence-corrected chi connectivity index (χ1v) is 9.68. The molecule has 3 amide bonds. The van der Waals surface area contributed by atoms with Gasteiger partial charge in [0.05, 0.1) is 12.8 Å². The summed E-state index contributed by atoms with van der Waals surface area (Å²) in [6.07, 6.45) is 3.98. The Morgan fingerprint density at radius 3 is 2.48 bits per heavy atom. The summed E-state index contributed by atoms with van der Waals surface area (Å²) in [4.78, 5) is 36.9. The molecule has 8 heteroatoms. The van der Waals surface area contributed by atoms with Gasteiger partial charge in [0.25, 0.3) is 5.91 Å². The van der Waals surface area contributed by atoms with E-state index in [1.807, 2.05) is 12.1 Å². The second-order valence-corrected chi connectivity index (χ2v) is 7.11. The minimum Gasteiger partial charge on any atom is -0.481 e. The summed E-state index contributed by atoms with van der Waals surface area (Å²) in [6, 6.07) is 10.7. The summed E-state index contributed by atoms with van der Waals surface area (Å²) < 4.78 is 5.35. The van der Waals surface area contributed by atoms with Crippen LogP contribution in [0.3, 0.4) is 0 Å². The SMILES string of the molecule is O=C(O)CCCNC(=O)N(Cc1ccc(C(=O)NC2CC2)cc1)Cc1ccco1. The monoisotopic (exact) mass is 399 g/mol. The first-order chi connectivity index (χ1) is 14.0. The molecular weight excluding hydrogens is 374 g/mol. The maximum Gasteiger partial charge on any atom is 0.318 e. The van der Waals surface area contributed by atoms with Crippen molar-refractivity contribution in [1.29, 1.82) is 0 Å². The predicted octanol–water partition coefficient (Wildman–Crippen LogP) is 2.75. The molecule has 1 aliphatic carbocycles. The van der Waals surface area contributed by atoms with Gasteiger partial charge in [0.15, 0.2) is 0 Å². The number of rotatable bonds is 10. The van der Waals surface area contributed by atoms with Crippen LogP contribution in [0.5, 0.6) is 0 Å². The smallest absolute Gasteiger partial charge is 0.318 e. The van der Waals surface area contributed by atoms with Crippen LogP contribution in [0.2, 0.25) is 0 Å². The Labute approximate surface area is 168 Å². The zero-order valence-corrected chi connectivity index (χ0v) is 16.1. The van der Waals surface area contributed by atoms with Crippen LogP contribution >= 0.6 is 0 Å². The number of benzene rings is 1. The quantitative estimate of drug-likeness (QED) is 0.532. The van der Waals surface area contributed by atoms with Crippen LogP contribution in [0, 0.1) is 0 Å². The van der Waals surface area contributed by atoms with Crippen LogP contribution in [0.25, 0.3) is 0 Å². The Bertz CT molecular complexity index is 829. The number of carboxylic acid groups (broad SMARTS) is 1. The fourth-order valence-electron chi connectivity index (χ4n) is 2.82. The van der Waals surface area contributed by atoms with Crippen LogP contribution < -0.4 is 10.6 Å². The molecule has 0 atom stereocenters. The number of carbonyl (C=O) groups is 3. The number of hydrogen-bond acceptors (Lipinski definition) is 4. The van der Waals surface area contributed by atoms with E-state index in [0.29, 0.717) is 30.3 Å². The van der Waals surface area contributed by atoms with Crippen molar-refractivity contribution in [3.63, 3.8) is 0 Å². The van der Waals surface area contributed by atoms with Crippen molar-refractivity contribution in [3.05, 3.63) is 59.5 Å². The number of nitrogens with one attached hydrogen (secondary N) is 2. The van der Waals surface area contributed by atoms with Crippen LogP contribution in [0.1, 0.15) is 47.4 Å². The molecule has 154 valence electrons. The lowest BCUT2D eigenvalue weighted by molar-refractivity contribution is -0.137. The van der Waals surface area contributed by atoms with Gasteiger partial charge in [0.1, 0.15) is 5.76 Å². The molecule has 3 rings (SSSR count). The molecule has 1 aromatic heterocycles. The lowest BCUT2D eigenvalue weighted by atomic mass is 10.1. The van der Waals surface area contributed by atoms with E-state index in [-0.39, 0.29) is 31.4 Å². The highest BCUT2D eigenvalue weighted by molar-refractivity contribution is 5.94. The molecule has 0 bridgehead atoms. The Hall–Kier alpha value is -3.29. The van der Waals surface area contributed by atoms with E-state index in [1.165, 1.54) is 0 Å². The van der Waals surface area contributed by atoms with Crippen molar-refractivity contribution in [2.75, 3.05) is 6.54 Å². The Morgan fingerprint density at radius 1 is 1.10 bits per heavy atom. The standard InChI is InChI=1S/C21H25N3O5/c25-19(26)4-1-11-22-21(28)24(14-18-3-2-12-29-18)13-15-5-7-16(8-6-15)20(27)23-17-9-10-17/h2-3,5-8,12,17H,1,4,9-11,13-14H2,(H,22,28)(H,23,27)(H,25,26). The number of carboxylic acids is 1. The molecule has 1 saturated carbocycles. The Balaban J connectivity index is 1.59. The van der Waals surface area contributed by atoms with E-state index in [9.17, 15) is 14.4 Å². The van der Waals surface area contributed by atoms with Crippen molar-refractivity contribution in [2.45, 2.75) is 44.8 Å². The second kappa shape index (κ2) is 9.77. The molecule has 8 nitrogen and oxygen atoms in total. The van der Waals surface area contributed by atoms with Gasteiger partial charge in [-0.05, 0) is 49.1 Å². The molecule has 2 aromatic rings. The van der Waals surface area contributed by atoms with Gasteiger partial charge < -0.3 is 25.1 Å². The fourth-order valence-corrected chi connectivity index (χ4v) is 2.82. The van der Waals surface area contributed by atoms with Crippen LogP contribution in [-0.2, 0) is 17.9 Å². The van der Waals surface area contributed by atoms with Gasteiger partial charge in [-0.3, -0.25) is 9.59 Å². The highest BCUT2D eigenvalue weighted by Gasteiger charge is 2.23. The molecule has 29 heavy (non-hydrogen) atoms. The maximum atomic E-state index is 12.6. The van der Waals surface area contributed by atoms with Gasteiger partial charge in [-0.15, -0.1) is 0 Å². The molecule has 3 N–H and O–H groups in total. The molecule has 0 radical (unpaired) electrons. The minimum absolute atomic E-state index is 0.00282. The third-order valence-electron chi connectivity index (χ3n) is 4.56. The molecule has 1 heterocycles. The average molecular weight is 399 g/mol. The summed E-state index contributed by atoms with van der Waals surface area (Å²) >= 11 is 0. The zero-order valence-electron chi connectivity index (χ0n) is 16.1. The average Bonchev–Trinajstić information content (AvgIpc) is 3.36. The fraction of sp³-hybridized carbons (Fsp3) is 0.381. The van der Waals surface area contributed by atoms with Crippen molar-refractivity contribution in [2.24, 2.45) is 0 Å². The lowest BCUT2D eigenvalue weighted by Crippen LogP contribution is -2.39. The molecule has 1 aromatic carbocycles. The number of carbonyl (C=O) groups excluding carboxylic acids is 2. The van der Waals surface area contributed by atoms with Crippen molar-refractivity contribution < 1.29 is 23.9 Å². The van der Waals surface area contributed by atoms with Crippen molar-refractivity contribution in [1.82, 2.24) is 15.5 Å². The third-order valence-corrected chi connectivity index (χ3v) is 4.56. The number of nitrogens with zero attached hydrogens (tertiary/aromatic N) is 1. The summed E-state index contributed by atoms with van der Waals surface area (Å²) in [6.45, 7) is 0.887. The van der Waals surface area contributed by atoms with E-state index in [0.717, 1.165) is 18.4 Å². The summed E-state index contributed by atoms with van der Waals surface area (Å²) in [5.74, 6) is -0.328. The van der Waals surface area contributed by atoms with E-state index >= 15 is 0 Å². The highest BCUT2D eigenvalue weighted by atomic mass is 16.4. The Morgan fingerprint density at radius 2 is 1.86 bits per heavy atom. The van der Waals surface area contributed by atoms with E-state index in [1.54, 1.807) is 35.4 Å². The number of hydrogen-bond donors (Lipinski definition) is 3. The molecular formula is C21H25N3O5. The summed E-state index contributed by atoms with van der Waals surface area (Å²) in [5, 5.41) is 14.4. The van der Waals surface area contributed by atoms with Crippen LogP contribution in [0.4, 0.5) is 4.79 Å². The largest absolute Gasteiger partial charge is 0.481 e. The number of urea groups is 1. The second-order valence-electron chi connectivity index (χ2n) is 7.11. The van der Waals surface area contributed by atoms with Crippen LogP contribution in [-0.4, -0.2) is 40.5 Å². The van der Waals surface area contributed by atoms with Crippen molar-refractivity contribution >= 4 is 17.9 Å². The first kappa shape index (κ1) is 20.4. The lowest BCUT2D eigenvalue weighted by Gasteiger charge is -2.22. The van der Waals surface area contributed by atoms with E-state index in [2.05, 4.69) is 10.6 Å². The van der Waals surface area contributed by atoms with E-state index in [4.69, 9.17) is 9.52 Å². The van der Waals surface area contributed by atoms with Gasteiger partial charge in [-0.2, -0.15) is 0 Å². The topological polar surface area (TPSA) is 112 Å². The molecule has 0 aliphatic heterocycles. The summed E-state index contributed by atoms with van der Waals surface area (Å²) in [7, 11) is 0. The molecule has 1 aliphatic rings. The molecule has 0 saturated heterocycles. The number of aliphatic carboxylic acids is 1. The third kappa shape index (κ3) is 6.67. The van der Waals surface area contributed by atoms with Gasteiger partial charge >= 0.3 is 12.0 Å².